The summed E-state index contributed by atoms with van der Waals surface area (Å²) in [5, 5.41) is 13.1. The molecule has 2 aromatic carbocycles. The highest BCUT2D eigenvalue weighted by Crippen LogP contribution is 2.19. The summed E-state index contributed by atoms with van der Waals surface area (Å²) in [6, 6.07) is 6.63. The molecule has 0 saturated heterocycles. The number of carbonyl (C=O) groups is 2. The minimum absolute atomic E-state index is 0.0358. The van der Waals surface area contributed by atoms with Crippen molar-refractivity contribution < 1.29 is 27.9 Å². The van der Waals surface area contributed by atoms with Crippen molar-refractivity contribution in [2.75, 3.05) is 10.6 Å². The van der Waals surface area contributed by atoms with Crippen LogP contribution in [0.3, 0.4) is 0 Å². The number of rotatable bonds is 2. The van der Waals surface area contributed by atoms with E-state index < -0.39 is 35.0 Å². The number of anilines is 2. The third-order valence-corrected chi connectivity index (χ3v) is 2.61. The summed E-state index contributed by atoms with van der Waals surface area (Å²) < 4.78 is 39.1. The molecule has 3 N–H and O–H groups in total. The molecule has 0 radical (unpaired) electrons. The van der Waals surface area contributed by atoms with Crippen LogP contribution >= 0.6 is 0 Å². The van der Waals surface area contributed by atoms with Gasteiger partial charge in [-0.2, -0.15) is 0 Å². The Kier molecular flexibility index (Phi) is 4.31. The molecule has 0 bridgehead atoms. The van der Waals surface area contributed by atoms with E-state index in [-0.39, 0.29) is 11.4 Å². The second-order valence-electron chi connectivity index (χ2n) is 4.18. The number of hydrogen-bond acceptors (Lipinski definition) is 3. The summed E-state index contributed by atoms with van der Waals surface area (Å²) in [6.07, 6.45) is 0. The molecular formula is C14H9F3N2O3. The summed E-state index contributed by atoms with van der Waals surface area (Å²) in [7, 11) is 0. The number of amides is 2. The number of phenolic OH excluding ortho intramolecular Hbond substituents is 1. The van der Waals surface area contributed by atoms with Crippen LogP contribution in [0.5, 0.6) is 5.75 Å². The van der Waals surface area contributed by atoms with Crippen LogP contribution in [-0.4, -0.2) is 16.9 Å². The van der Waals surface area contributed by atoms with Crippen molar-refractivity contribution in [1.82, 2.24) is 0 Å². The summed E-state index contributed by atoms with van der Waals surface area (Å²) in [5.41, 5.74) is -0.450. The van der Waals surface area contributed by atoms with Crippen molar-refractivity contribution in [2.45, 2.75) is 0 Å². The lowest BCUT2D eigenvalue weighted by Crippen LogP contribution is -2.29. The highest BCUT2D eigenvalue weighted by molar-refractivity contribution is 6.43. The Balaban J connectivity index is 2.07. The van der Waals surface area contributed by atoms with Crippen LogP contribution in [0.25, 0.3) is 0 Å². The molecular weight excluding hydrogens is 301 g/mol. The second kappa shape index (κ2) is 6.17. The van der Waals surface area contributed by atoms with Crippen LogP contribution in [0, 0.1) is 17.5 Å². The Labute approximate surface area is 122 Å². The number of phenols is 1. The number of aromatic hydroxyl groups is 1. The summed E-state index contributed by atoms with van der Waals surface area (Å²) in [4.78, 5) is 23.2. The van der Waals surface area contributed by atoms with Crippen molar-refractivity contribution in [3.63, 3.8) is 0 Å². The first-order valence-electron chi connectivity index (χ1n) is 5.93. The second-order valence-corrected chi connectivity index (χ2v) is 4.18. The molecule has 0 aromatic heterocycles. The van der Waals surface area contributed by atoms with Gasteiger partial charge in [-0.25, -0.2) is 13.2 Å². The Morgan fingerprint density at radius 3 is 2.05 bits per heavy atom. The maximum absolute atomic E-state index is 13.4. The van der Waals surface area contributed by atoms with Gasteiger partial charge >= 0.3 is 11.8 Å². The van der Waals surface area contributed by atoms with E-state index in [1.807, 2.05) is 5.32 Å². The van der Waals surface area contributed by atoms with E-state index in [0.717, 1.165) is 6.07 Å². The highest BCUT2D eigenvalue weighted by atomic mass is 19.2. The van der Waals surface area contributed by atoms with Crippen LogP contribution < -0.4 is 10.6 Å². The largest absolute Gasteiger partial charge is 0.508 e. The Morgan fingerprint density at radius 1 is 0.818 bits per heavy atom. The third-order valence-electron chi connectivity index (χ3n) is 2.61. The standard InChI is InChI=1S/C14H9F3N2O3/c15-9-5-6-10(12(17)11(9)16)19-14(22)13(21)18-7-1-3-8(20)4-2-7/h1-6,20H,(H,18,21)(H,19,22). The van der Waals surface area contributed by atoms with E-state index in [4.69, 9.17) is 5.11 Å². The Bertz CT molecular complexity index is 733. The van der Waals surface area contributed by atoms with E-state index in [0.29, 0.717) is 6.07 Å². The van der Waals surface area contributed by atoms with Crippen molar-refractivity contribution in [1.29, 1.82) is 0 Å². The molecule has 0 aliphatic carbocycles. The van der Waals surface area contributed by atoms with Gasteiger partial charge in [0.25, 0.3) is 0 Å². The zero-order valence-electron chi connectivity index (χ0n) is 10.9. The van der Waals surface area contributed by atoms with Crippen molar-refractivity contribution >= 4 is 23.2 Å². The molecule has 2 rings (SSSR count). The van der Waals surface area contributed by atoms with Gasteiger partial charge in [-0.3, -0.25) is 9.59 Å². The lowest BCUT2D eigenvalue weighted by atomic mass is 10.2. The minimum atomic E-state index is -1.75. The molecule has 114 valence electrons. The molecule has 0 aliphatic heterocycles. The molecule has 8 heteroatoms. The minimum Gasteiger partial charge on any atom is -0.508 e. The normalized spacial score (nSPS) is 10.1. The van der Waals surface area contributed by atoms with Gasteiger partial charge < -0.3 is 15.7 Å². The van der Waals surface area contributed by atoms with Gasteiger partial charge in [0.1, 0.15) is 5.75 Å². The van der Waals surface area contributed by atoms with Crippen LogP contribution in [-0.2, 0) is 9.59 Å². The molecule has 2 aromatic rings. The first-order valence-corrected chi connectivity index (χ1v) is 5.93. The van der Waals surface area contributed by atoms with E-state index in [2.05, 4.69) is 5.32 Å². The third kappa shape index (κ3) is 3.35. The van der Waals surface area contributed by atoms with Gasteiger partial charge in [0.15, 0.2) is 17.5 Å². The van der Waals surface area contributed by atoms with Crippen LogP contribution in [0.1, 0.15) is 0 Å². The predicted octanol–water partition coefficient (Wildman–Crippen LogP) is 2.39. The van der Waals surface area contributed by atoms with Crippen molar-refractivity contribution in [3.8, 4) is 5.75 Å². The smallest absolute Gasteiger partial charge is 0.314 e. The molecule has 0 unspecified atom stereocenters. The number of carbonyl (C=O) groups excluding carboxylic acids is 2. The van der Waals surface area contributed by atoms with Gasteiger partial charge in [-0.15, -0.1) is 0 Å². The molecule has 2 amide bonds. The first-order chi connectivity index (χ1) is 10.4. The van der Waals surface area contributed by atoms with E-state index in [1.54, 1.807) is 0 Å². The van der Waals surface area contributed by atoms with Crippen LogP contribution in [0.4, 0.5) is 24.5 Å². The molecule has 0 atom stereocenters. The molecule has 0 spiro atoms. The van der Waals surface area contributed by atoms with Gasteiger partial charge in [0, 0.05) is 5.69 Å². The average molecular weight is 310 g/mol. The molecule has 0 saturated carbocycles. The number of hydrogen-bond donors (Lipinski definition) is 3. The van der Waals surface area contributed by atoms with E-state index in [9.17, 15) is 22.8 Å². The molecule has 0 aliphatic rings. The maximum Gasteiger partial charge on any atom is 0.314 e. The van der Waals surface area contributed by atoms with Gasteiger partial charge in [0.05, 0.1) is 5.69 Å². The Morgan fingerprint density at radius 2 is 1.41 bits per heavy atom. The van der Waals surface area contributed by atoms with Crippen LogP contribution in [0.2, 0.25) is 0 Å². The summed E-state index contributed by atoms with van der Waals surface area (Å²) in [5.74, 6) is -7.22. The first kappa shape index (κ1) is 15.4. The zero-order chi connectivity index (χ0) is 16.3. The lowest BCUT2D eigenvalue weighted by molar-refractivity contribution is -0.133. The fourth-order valence-corrected chi connectivity index (χ4v) is 1.53. The quantitative estimate of drug-likeness (QED) is 0.453. The number of nitrogens with one attached hydrogen (secondary N) is 2. The monoisotopic (exact) mass is 310 g/mol. The predicted molar refractivity (Wildman–Crippen MR) is 71.7 cm³/mol. The maximum atomic E-state index is 13.4. The Hall–Kier alpha value is -3.03. The fourth-order valence-electron chi connectivity index (χ4n) is 1.53. The lowest BCUT2D eigenvalue weighted by Gasteiger charge is -2.08. The van der Waals surface area contributed by atoms with E-state index in [1.165, 1.54) is 24.3 Å². The number of benzene rings is 2. The van der Waals surface area contributed by atoms with Gasteiger partial charge in [-0.05, 0) is 36.4 Å². The fraction of sp³-hybridized carbons (Fsp3) is 0. The van der Waals surface area contributed by atoms with Crippen molar-refractivity contribution in [3.05, 3.63) is 53.8 Å². The molecule has 5 nitrogen and oxygen atoms in total. The topological polar surface area (TPSA) is 78.4 Å². The molecule has 0 heterocycles. The average Bonchev–Trinajstić information content (AvgIpc) is 2.50. The van der Waals surface area contributed by atoms with Gasteiger partial charge in [0.2, 0.25) is 0 Å². The molecule has 22 heavy (non-hydrogen) atoms. The summed E-state index contributed by atoms with van der Waals surface area (Å²) >= 11 is 0. The van der Waals surface area contributed by atoms with Crippen LogP contribution in [0.15, 0.2) is 36.4 Å². The number of halogens is 3. The summed E-state index contributed by atoms with van der Waals surface area (Å²) in [6.45, 7) is 0. The van der Waals surface area contributed by atoms with Crippen molar-refractivity contribution in [2.24, 2.45) is 0 Å². The van der Waals surface area contributed by atoms with E-state index >= 15 is 0 Å². The van der Waals surface area contributed by atoms with Gasteiger partial charge in [-0.1, -0.05) is 0 Å². The zero-order valence-corrected chi connectivity index (χ0v) is 10.9. The SMILES string of the molecule is O=C(Nc1ccc(O)cc1)C(=O)Nc1ccc(F)c(F)c1F. The highest BCUT2D eigenvalue weighted by Gasteiger charge is 2.19. The molecule has 0 fully saturated rings.